The van der Waals surface area contributed by atoms with Gasteiger partial charge in [-0.05, 0) is 29.8 Å². The van der Waals surface area contributed by atoms with E-state index in [0.29, 0.717) is 6.61 Å². The summed E-state index contributed by atoms with van der Waals surface area (Å²) in [4.78, 5) is 34.2. The van der Waals surface area contributed by atoms with E-state index in [2.05, 4.69) is 5.32 Å². The molecule has 136 valence electrons. The van der Waals surface area contributed by atoms with E-state index in [0.717, 1.165) is 11.6 Å². The number of nitrogens with one attached hydrogen (secondary N) is 1. The molecule has 0 saturated carbocycles. The molecule has 2 rings (SSSR count). The number of carbonyl (C=O) groups is 2. The molecule has 0 radical (unpaired) electrons. The van der Waals surface area contributed by atoms with Gasteiger partial charge in [0.25, 0.3) is 11.6 Å². The summed E-state index contributed by atoms with van der Waals surface area (Å²) in [5, 5.41) is 13.5. The van der Waals surface area contributed by atoms with E-state index < -0.39 is 23.4 Å². The lowest BCUT2D eigenvalue weighted by molar-refractivity contribution is -0.383. The fraction of sp³-hybridized carbons (Fsp3) is 0.176. The highest BCUT2D eigenvalue weighted by atomic mass is 35.5. The topological polar surface area (TPSA) is 108 Å². The molecule has 8 nitrogen and oxygen atoms in total. The number of esters is 1. The number of ether oxygens (including phenoxy) is 2. The van der Waals surface area contributed by atoms with Crippen LogP contribution in [0.25, 0.3) is 0 Å². The highest BCUT2D eigenvalue weighted by molar-refractivity contribution is 6.31. The molecule has 0 fully saturated rings. The van der Waals surface area contributed by atoms with Crippen LogP contribution >= 0.6 is 11.6 Å². The van der Waals surface area contributed by atoms with Crippen molar-refractivity contribution in [2.45, 2.75) is 6.61 Å². The Bertz CT molecular complexity index is 840. The van der Waals surface area contributed by atoms with E-state index in [9.17, 15) is 19.7 Å². The predicted molar refractivity (Wildman–Crippen MR) is 94.2 cm³/mol. The molecule has 26 heavy (non-hydrogen) atoms. The number of amides is 1. The number of hydrogen-bond acceptors (Lipinski definition) is 6. The SMILES string of the molecule is COCc1cccc(C(=O)OCC(=O)Nc2ccc(Cl)cc2[N+](=O)[O-])c1. The molecule has 0 spiro atoms. The zero-order valence-corrected chi connectivity index (χ0v) is 14.5. The third-order valence-corrected chi connectivity index (χ3v) is 3.47. The lowest BCUT2D eigenvalue weighted by Crippen LogP contribution is -2.21. The summed E-state index contributed by atoms with van der Waals surface area (Å²) in [6.07, 6.45) is 0. The third kappa shape index (κ3) is 5.27. The summed E-state index contributed by atoms with van der Waals surface area (Å²) in [5.74, 6) is -1.40. The van der Waals surface area contributed by atoms with Crippen molar-refractivity contribution < 1.29 is 24.0 Å². The number of nitrogens with zero attached hydrogens (tertiary/aromatic N) is 1. The smallest absolute Gasteiger partial charge is 0.338 e. The molecule has 0 heterocycles. The summed E-state index contributed by atoms with van der Waals surface area (Å²) >= 11 is 5.71. The minimum absolute atomic E-state index is 0.0393. The molecule has 0 aliphatic rings. The molecule has 0 aromatic heterocycles. The Balaban J connectivity index is 1.98. The van der Waals surface area contributed by atoms with Crippen LogP contribution in [0.1, 0.15) is 15.9 Å². The molecule has 0 bridgehead atoms. The monoisotopic (exact) mass is 378 g/mol. The number of hydrogen-bond donors (Lipinski definition) is 1. The first kappa shape index (κ1) is 19.4. The molecule has 1 N–H and O–H groups in total. The standard InChI is InChI=1S/C17H15ClN2O6/c1-25-9-11-3-2-4-12(7-11)17(22)26-10-16(21)19-14-6-5-13(18)8-15(14)20(23)24/h2-8H,9-10H2,1H3,(H,19,21). The van der Waals surface area contributed by atoms with Crippen molar-refractivity contribution in [3.63, 3.8) is 0 Å². The summed E-state index contributed by atoms with van der Waals surface area (Å²) in [5.41, 5.74) is 0.653. The Morgan fingerprint density at radius 1 is 1.23 bits per heavy atom. The van der Waals surface area contributed by atoms with Crippen molar-refractivity contribution in [2.75, 3.05) is 19.0 Å². The van der Waals surface area contributed by atoms with Crippen molar-refractivity contribution in [3.8, 4) is 0 Å². The first-order chi connectivity index (χ1) is 12.4. The number of methoxy groups -OCH3 is 1. The molecule has 1 amide bonds. The second-order valence-corrected chi connectivity index (χ2v) is 5.61. The third-order valence-electron chi connectivity index (χ3n) is 3.24. The number of carbonyl (C=O) groups excluding carboxylic acids is 2. The van der Waals surface area contributed by atoms with Crippen LogP contribution in [0, 0.1) is 10.1 Å². The summed E-state index contributed by atoms with van der Waals surface area (Å²) < 4.78 is 9.92. The number of nitro benzene ring substituents is 1. The van der Waals surface area contributed by atoms with Crippen LogP contribution in [0.3, 0.4) is 0 Å². The van der Waals surface area contributed by atoms with Crippen molar-refractivity contribution in [3.05, 3.63) is 68.7 Å². The number of anilines is 1. The van der Waals surface area contributed by atoms with Crippen molar-refractivity contribution in [1.29, 1.82) is 0 Å². The maximum absolute atomic E-state index is 12.0. The molecule has 0 aliphatic heterocycles. The van der Waals surface area contributed by atoms with E-state index in [1.165, 1.54) is 19.2 Å². The highest BCUT2D eigenvalue weighted by Crippen LogP contribution is 2.27. The maximum atomic E-state index is 12.0. The zero-order valence-electron chi connectivity index (χ0n) is 13.7. The Morgan fingerprint density at radius 2 is 2.00 bits per heavy atom. The fourth-order valence-electron chi connectivity index (χ4n) is 2.12. The summed E-state index contributed by atoms with van der Waals surface area (Å²) in [6, 6.07) is 10.4. The second-order valence-electron chi connectivity index (χ2n) is 5.18. The Morgan fingerprint density at radius 3 is 2.69 bits per heavy atom. The predicted octanol–water partition coefficient (Wildman–Crippen LogP) is 3.19. The minimum atomic E-state index is -0.711. The van der Waals surface area contributed by atoms with Crippen LogP contribution in [-0.4, -0.2) is 30.5 Å². The molecule has 2 aromatic carbocycles. The number of halogens is 1. The van der Waals surface area contributed by atoms with Crippen molar-refractivity contribution >= 4 is 34.9 Å². The van der Waals surface area contributed by atoms with Gasteiger partial charge in [0.1, 0.15) is 5.69 Å². The van der Waals surface area contributed by atoms with Gasteiger partial charge in [-0.1, -0.05) is 23.7 Å². The van der Waals surface area contributed by atoms with E-state index in [4.69, 9.17) is 21.1 Å². The summed E-state index contributed by atoms with van der Waals surface area (Å²) in [7, 11) is 1.53. The number of benzene rings is 2. The molecular formula is C17H15ClN2O6. The molecule has 0 aliphatic carbocycles. The zero-order chi connectivity index (χ0) is 19.1. The lowest BCUT2D eigenvalue weighted by atomic mass is 10.1. The van der Waals surface area contributed by atoms with Gasteiger partial charge in [-0.2, -0.15) is 0 Å². The minimum Gasteiger partial charge on any atom is -0.452 e. The molecule has 2 aromatic rings. The van der Waals surface area contributed by atoms with E-state index in [1.807, 2.05) is 0 Å². The van der Waals surface area contributed by atoms with E-state index in [-0.39, 0.29) is 22.0 Å². The Kier molecular flexibility index (Phi) is 6.65. The van der Waals surface area contributed by atoms with Crippen LogP contribution in [0.5, 0.6) is 0 Å². The summed E-state index contributed by atoms with van der Waals surface area (Å²) in [6.45, 7) is -0.255. The molecular weight excluding hydrogens is 364 g/mol. The maximum Gasteiger partial charge on any atom is 0.338 e. The molecule has 0 saturated heterocycles. The van der Waals surface area contributed by atoms with Gasteiger partial charge in [-0.3, -0.25) is 14.9 Å². The van der Waals surface area contributed by atoms with Crippen LogP contribution in [0.4, 0.5) is 11.4 Å². The van der Waals surface area contributed by atoms with Gasteiger partial charge in [0, 0.05) is 18.2 Å². The van der Waals surface area contributed by atoms with Gasteiger partial charge in [0.2, 0.25) is 0 Å². The van der Waals surface area contributed by atoms with Crippen LogP contribution in [0.2, 0.25) is 5.02 Å². The fourth-order valence-corrected chi connectivity index (χ4v) is 2.28. The Labute approximate surface area is 153 Å². The normalized spacial score (nSPS) is 10.2. The van der Waals surface area contributed by atoms with Gasteiger partial charge < -0.3 is 14.8 Å². The molecule has 9 heteroatoms. The largest absolute Gasteiger partial charge is 0.452 e. The average Bonchev–Trinajstić information content (AvgIpc) is 2.61. The highest BCUT2D eigenvalue weighted by Gasteiger charge is 2.17. The van der Waals surface area contributed by atoms with E-state index in [1.54, 1.807) is 24.3 Å². The first-order valence-electron chi connectivity index (χ1n) is 7.39. The molecule has 0 atom stereocenters. The van der Waals surface area contributed by atoms with Gasteiger partial charge in [0.05, 0.1) is 17.1 Å². The molecule has 0 unspecified atom stereocenters. The van der Waals surface area contributed by atoms with Gasteiger partial charge in [-0.15, -0.1) is 0 Å². The first-order valence-corrected chi connectivity index (χ1v) is 7.77. The van der Waals surface area contributed by atoms with Crippen molar-refractivity contribution in [1.82, 2.24) is 0 Å². The lowest BCUT2D eigenvalue weighted by Gasteiger charge is -2.08. The van der Waals surface area contributed by atoms with Crippen LogP contribution in [0.15, 0.2) is 42.5 Å². The second kappa shape index (κ2) is 8.93. The van der Waals surface area contributed by atoms with Crippen LogP contribution < -0.4 is 5.32 Å². The van der Waals surface area contributed by atoms with E-state index >= 15 is 0 Å². The Hall–Kier alpha value is -2.97. The average molecular weight is 379 g/mol. The quantitative estimate of drug-likeness (QED) is 0.450. The number of nitro groups is 1. The van der Waals surface area contributed by atoms with Crippen molar-refractivity contribution in [2.24, 2.45) is 0 Å². The van der Waals surface area contributed by atoms with Gasteiger partial charge in [-0.25, -0.2) is 4.79 Å². The van der Waals surface area contributed by atoms with Crippen LogP contribution in [-0.2, 0) is 20.9 Å². The van der Waals surface area contributed by atoms with Gasteiger partial charge >= 0.3 is 5.97 Å². The number of rotatable bonds is 7. The van der Waals surface area contributed by atoms with Gasteiger partial charge in [0.15, 0.2) is 6.61 Å².